The maximum atomic E-state index is 11.9. The molecule has 0 saturated carbocycles. The van der Waals surface area contributed by atoms with Gasteiger partial charge in [0.1, 0.15) is 5.82 Å². The van der Waals surface area contributed by atoms with Crippen molar-refractivity contribution in [2.24, 2.45) is 4.99 Å². The van der Waals surface area contributed by atoms with E-state index in [-0.39, 0.29) is 12.0 Å². The van der Waals surface area contributed by atoms with Crippen molar-refractivity contribution >= 4 is 17.7 Å². The van der Waals surface area contributed by atoms with E-state index in [4.69, 9.17) is 4.74 Å². The Labute approximate surface area is 143 Å². The maximum absolute atomic E-state index is 11.9. The van der Waals surface area contributed by atoms with Crippen LogP contribution >= 0.6 is 0 Å². The van der Waals surface area contributed by atoms with Crippen LogP contribution in [0.5, 0.6) is 0 Å². The molecule has 3 N–H and O–H groups in total. The van der Waals surface area contributed by atoms with Crippen LogP contribution in [0.3, 0.4) is 0 Å². The van der Waals surface area contributed by atoms with E-state index in [1.165, 1.54) is 0 Å². The number of pyridine rings is 1. The fourth-order valence-electron chi connectivity index (χ4n) is 2.36. The van der Waals surface area contributed by atoms with E-state index in [0.29, 0.717) is 31.3 Å². The van der Waals surface area contributed by atoms with Gasteiger partial charge in [-0.1, -0.05) is 6.07 Å². The van der Waals surface area contributed by atoms with Crippen LogP contribution in [-0.2, 0) is 9.53 Å². The zero-order valence-electron chi connectivity index (χ0n) is 14.5. The molecule has 1 aromatic rings. The molecule has 1 atom stereocenters. The van der Waals surface area contributed by atoms with Crippen LogP contribution in [0.25, 0.3) is 0 Å². The SMILES string of the molecule is CCNC(=NCC1CCCO1)NCCC(=O)Nc1ccc(C)cn1. The van der Waals surface area contributed by atoms with Crippen molar-refractivity contribution in [2.45, 2.75) is 39.2 Å². The summed E-state index contributed by atoms with van der Waals surface area (Å²) in [6, 6.07) is 3.72. The third-order valence-corrected chi connectivity index (χ3v) is 3.64. The molecule has 0 aliphatic carbocycles. The monoisotopic (exact) mass is 333 g/mol. The van der Waals surface area contributed by atoms with Gasteiger partial charge in [-0.25, -0.2) is 4.98 Å². The molecule has 1 aliphatic heterocycles. The summed E-state index contributed by atoms with van der Waals surface area (Å²) in [5.41, 5.74) is 1.06. The zero-order valence-corrected chi connectivity index (χ0v) is 14.5. The van der Waals surface area contributed by atoms with Crippen molar-refractivity contribution in [1.82, 2.24) is 15.6 Å². The van der Waals surface area contributed by atoms with E-state index >= 15 is 0 Å². The zero-order chi connectivity index (χ0) is 17.2. The first-order valence-corrected chi connectivity index (χ1v) is 8.53. The first kappa shape index (κ1) is 18.2. The minimum atomic E-state index is -0.0752. The third kappa shape index (κ3) is 6.54. The molecule has 7 nitrogen and oxygen atoms in total. The van der Waals surface area contributed by atoms with Crippen molar-refractivity contribution < 1.29 is 9.53 Å². The van der Waals surface area contributed by atoms with Crippen LogP contribution in [0.4, 0.5) is 5.82 Å². The van der Waals surface area contributed by atoms with E-state index in [1.807, 2.05) is 19.9 Å². The predicted octanol–water partition coefficient (Wildman–Crippen LogP) is 1.45. The van der Waals surface area contributed by atoms with E-state index in [0.717, 1.165) is 31.6 Å². The average molecular weight is 333 g/mol. The molecule has 7 heteroatoms. The Morgan fingerprint density at radius 3 is 2.96 bits per heavy atom. The minimum absolute atomic E-state index is 0.0752. The number of anilines is 1. The predicted molar refractivity (Wildman–Crippen MR) is 95.2 cm³/mol. The number of hydrogen-bond acceptors (Lipinski definition) is 4. The molecule has 0 bridgehead atoms. The van der Waals surface area contributed by atoms with Gasteiger partial charge >= 0.3 is 0 Å². The van der Waals surface area contributed by atoms with Crippen LogP contribution < -0.4 is 16.0 Å². The second kappa shape index (κ2) is 9.87. The molecule has 1 aromatic heterocycles. The number of nitrogens with one attached hydrogen (secondary N) is 3. The van der Waals surface area contributed by atoms with Gasteiger partial charge in [-0.3, -0.25) is 9.79 Å². The lowest BCUT2D eigenvalue weighted by molar-refractivity contribution is -0.116. The van der Waals surface area contributed by atoms with Crippen LogP contribution in [0, 0.1) is 6.92 Å². The average Bonchev–Trinajstić information content (AvgIpc) is 3.08. The van der Waals surface area contributed by atoms with Gasteiger partial charge < -0.3 is 20.7 Å². The Kier molecular flexibility index (Phi) is 7.48. The second-order valence-electron chi connectivity index (χ2n) is 5.80. The number of carbonyl (C=O) groups is 1. The fourth-order valence-corrected chi connectivity index (χ4v) is 2.36. The van der Waals surface area contributed by atoms with E-state index in [9.17, 15) is 4.79 Å². The molecule has 1 fully saturated rings. The number of guanidine groups is 1. The Hall–Kier alpha value is -2.15. The highest BCUT2D eigenvalue weighted by molar-refractivity contribution is 5.90. The molecule has 1 aliphatic rings. The van der Waals surface area contributed by atoms with Crippen LogP contribution in [0.2, 0.25) is 0 Å². The molecule has 2 heterocycles. The first-order chi connectivity index (χ1) is 11.7. The van der Waals surface area contributed by atoms with Crippen molar-refractivity contribution in [3.05, 3.63) is 23.9 Å². The van der Waals surface area contributed by atoms with Gasteiger partial charge in [0.05, 0.1) is 12.6 Å². The number of amides is 1. The minimum Gasteiger partial charge on any atom is -0.376 e. The molecule has 24 heavy (non-hydrogen) atoms. The van der Waals surface area contributed by atoms with Gasteiger partial charge in [0.15, 0.2) is 5.96 Å². The quantitative estimate of drug-likeness (QED) is 0.519. The Morgan fingerprint density at radius 2 is 2.29 bits per heavy atom. The topological polar surface area (TPSA) is 87.6 Å². The number of aromatic nitrogens is 1. The lowest BCUT2D eigenvalue weighted by Gasteiger charge is -2.12. The summed E-state index contributed by atoms with van der Waals surface area (Å²) in [5.74, 6) is 1.22. The van der Waals surface area contributed by atoms with E-state index in [2.05, 4.69) is 25.9 Å². The lowest BCUT2D eigenvalue weighted by Crippen LogP contribution is -2.39. The molecule has 2 rings (SSSR count). The summed E-state index contributed by atoms with van der Waals surface area (Å²) in [6.45, 7) is 6.73. The number of aryl methyl sites for hydroxylation is 1. The van der Waals surface area contributed by atoms with Gasteiger partial charge in [-0.15, -0.1) is 0 Å². The van der Waals surface area contributed by atoms with Crippen LogP contribution in [0.15, 0.2) is 23.3 Å². The van der Waals surface area contributed by atoms with E-state index < -0.39 is 0 Å². The number of hydrogen-bond donors (Lipinski definition) is 3. The summed E-state index contributed by atoms with van der Waals surface area (Å²) in [5, 5.41) is 9.13. The summed E-state index contributed by atoms with van der Waals surface area (Å²) in [6.07, 6.45) is 4.47. The van der Waals surface area contributed by atoms with E-state index in [1.54, 1.807) is 12.3 Å². The van der Waals surface area contributed by atoms with Gasteiger partial charge in [0.25, 0.3) is 0 Å². The molecule has 0 aromatic carbocycles. The molecular formula is C17H27N5O2. The Morgan fingerprint density at radius 1 is 1.42 bits per heavy atom. The summed E-state index contributed by atoms with van der Waals surface area (Å²) >= 11 is 0. The molecule has 1 unspecified atom stereocenters. The number of aliphatic imine (C=N–C) groups is 1. The molecule has 1 amide bonds. The summed E-state index contributed by atoms with van der Waals surface area (Å²) in [7, 11) is 0. The van der Waals surface area contributed by atoms with Gasteiger partial charge in [0.2, 0.25) is 5.91 Å². The van der Waals surface area contributed by atoms with Crippen molar-refractivity contribution in [1.29, 1.82) is 0 Å². The number of ether oxygens (including phenoxy) is 1. The van der Waals surface area contributed by atoms with Crippen LogP contribution in [0.1, 0.15) is 31.7 Å². The number of rotatable bonds is 7. The maximum Gasteiger partial charge on any atom is 0.227 e. The molecule has 0 spiro atoms. The lowest BCUT2D eigenvalue weighted by atomic mass is 10.2. The summed E-state index contributed by atoms with van der Waals surface area (Å²) < 4.78 is 5.57. The Bertz CT molecular complexity index is 538. The van der Waals surface area contributed by atoms with Gasteiger partial charge in [0, 0.05) is 32.3 Å². The highest BCUT2D eigenvalue weighted by atomic mass is 16.5. The van der Waals surface area contributed by atoms with Gasteiger partial charge in [-0.2, -0.15) is 0 Å². The molecular weight excluding hydrogens is 306 g/mol. The number of carbonyl (C=O) groups excluding carboxylic acids is 1. The number of nitrogens with zero attached hydrogens (tertiary/aromatic N) is 2. The first-order valence-electron chi connectivity index (χ1n) is 8.53. The fraction of sp³-hybridized carbons (Fsp3) is 0.588. The largest absolute Gasteiger partial charge is 0.376 e. The van der Waals surface area contributed by atoms with Crippen LogP contribution in [-0.4, -0.2) is 49.2 Å². The third-order valence-electron chi connectivity index (χ3n) is 3.64. The standard InChI is InChI=1S/C17H27N5O2/c1-3-18-17(21-12-14-5-4-10-24-14)19-9-8-16(23)22-15-7-6-13(2)11-20-15/h6-7,11,14H,3-5,8-10,12H2,1-2H3,(H2,18,19,21)(H,20,22,23). The normalized spacial score (nSPS) is 17.6. The Balaban J connectivity index is 1.71. The smallest absolute Gasteiger partial charge is 0.227 e. The highest BCUT2D eigenvalue weighted by Gasteiger charge is 2.14. The molecule has 0 radical (unpaired) electrons. The second-order valence-corrected chi connectivity index (χ2v) is 5.80. The molecule has 1 saturated heterocycles. The molecule has 132 valence electrons. The van der Waals surface area contributed by atoms with Crippen molar-refractivity contribution in [3.63, 3.8) is 0 Å². The van der Waals surface area contributed by atoms with Crippen molar-refractivity contribution in [2.75, 3.05) is 31.6 Å². The van der Waals surface area contributed by atoms with Crippen molar-refractivity contribution in [3.8, 4) is 0 Å². The highest BCUT2D eigenvalue weighted by Crippen LogP contribution is 2.11. The van der Waals surface area contributed by atoms with Gasteiger partial charge in [-0.05, 0) is 38.3 Å². The summed E-state index contributed by atoms with van der Waals surface area (Å²) in [4.78, 5) is 20.6.